The van der Waals surface area contributed by atoms with Gasteiger partial charge in [0.25, 0.3) is 0 Å². The van der Waals surface area contributed by atoms with Gasteiger partial charge in [-0.1, -0.05) is 6.07 Å². The molecule has 6 heteroatoms. The Morgan fingerprint density at radius 2 is 1.75 bits per heavy atom. The van der Waals surface area contributed by atoms with Gasteiger partial charge in [0.1, 0.15) is 23.4 Å². The number of carboxylic acid groups (broad SMARTS) is 1. The highest BCUT2D eigenvalue weighted by atomic mass is 16.5. The summed E-state index contributed by atoms with van der Waals surface area (Å²) in [6.07, 6.45) is -1.19. The summed E-state index contributed by atoms with van der Waals surface area (Å²) in [6.45, 7) is 0. The number of hydrogen-bond acceptors (Lipinski definition) is 5. The van der Waals surface area contributed by atoms with Crippen molar-refractivity contribution in [1.82, 2.24) is 0 Å². The molecular formula is C14H14O6. The summed E-state index contributed by atoms with van der Waals surface area (Å²) >= 11 is 0. The Labute approximate surface area is 115 Å². The lowest BCUT2D eigenvalue weighted by Crippen LogP contribution is -2.04. The summed E-state index contributed by atoms with van der Waals surface area (Å²) in [5.41, 5.74) is 0.379. The number of aliphatic hydroxyl groups is 1. The van der Waals surface area contributed by atoms with Gasteiger partial charge in [-0.3, -0.25) is 0 Å². The molecule has 106 valence electrons. The third kappa shape index (κ3) is 2.46. The first-order valence-electron chi connectivity index (χ1n) is 5.80. The molecule has 0 spiro atoms. The van der Waals surface area contributed by atoms with Crippen molar-refractivity contribution >= 4 is 5.97 Å². The quantitative estimate of drug-likeness (QED) is 0.870. The Balaban J connectivity index is 2.46. The topological polar surface area (TPSA) is 89.1 Å². The summed E-state index contributed by atoms with van der Waals surface area (Å²) in [6, 6.07) is 7.74. The molecule has 0 fully saturated rings. The van der Waals surface area contributed by atoms with E-state index in [-0.39, 0.29) is 11.5 Å². The molecule has 0 aliphatic carbocycles. The second kappa shape index (κ2) is 5.66. The predicted octanol–water partition coefficient (Wildman–Crippen LogP) is 2.08. The van der Waals surface area contributed by atoms with Crippen LogP contribution < -0.4 is 9.47 Å². The van der Waals surface area contributed by atoms with Gasteiger partial charge in [-0.2, -0.15) is 0 Å². The first-order chi connectivity index (χ1) is 9.58. The Bertz CT molecular complexity index is 594. The van der Waals surface area contributed by atoms with Gasteiger partial charge in [0.2, 0.25) is 5.76 Å². The zero-order valence-electron chi connectivity index (χ0n) is 11.0. The Hall–Kier alpha value is -2.47. The number of aliphatic hydroxyl groups excluding tert-OH is 1. The number of furan rings is 1. The minimum absolute atomic E-state index is 0.102. The van der Waals surface area contributed by atoms with Crippen LogP contribution in [-0.4, -0.2) is 30.4 Å². The van der Waals surface area contributed by atoms with Crippen molar-refractivity contribution in [1.29, 1.82) is 0 Å². The number of rotatable bonds is 5. The lowest BCUT2D eigenvalue weighted by molar-refractivity contribution is 0.0654. The Morgan fingerprint density at radius 1 is 1.15 bits per heavy atom. The van der Waals surface area contributed by atoms with E-state index < -0.39 is 12.1 Å². The van der Waals surface area contributed by atoms with Crippen molar-refractivity contribution in [3.8, 4) is 11.5 Å². The molecule has 6 nitrogen and oxygen atoms in total. The molecule has 0 saturated carbocycles. The number of ether oxygens (including phenoxy) is 2. The van der Waals surface area contributed by atoms with Crippen LogP contribution in [0.2, 0.25) is 0 Å². The maximum Gasteiger partial charge on any atom is 0.371 e. The van der Waals surface area contributed by atoms with E-state index in [0.717, 1.165) is 0 Å². The van der Waals surface area contributed by atoms with Gasteiger partial charge in [-0.15, -0.1) is 0 Å². The van der Waals surface area contributed by atoms with Crippen molar-refractivity contribution in [3.63, 3.8) is 0 Å². The molecular weight excluding hydrogens is 264 g/mol. The predicted molar refractivity (Wildman–Crippen MR) is 69.3 cm³/mol. The molecule has 2 N–H and O–H groups in total. The molecule has 0 aliphatic heterocycles. The number of methoxy groups -OCH3 is 2. The second-order valence-corrected chi connectivity index (χ2v) is 3.99. The van der Waals surface area contributed by atoms with Gasteiger partial charge in [0.15, 0.2) is 0 Å². The van der Waals surface area contributed by atoms with Gasteiger partial charge in [-0.05, 0) is 24.3 Å². The smallest absolute Gasteiger partial charge is 0.371 e. The lowest BCUT2D eigenvalue weighted by Gasteiger charge is -2.16. The summed E-state index contributed by atoms with van der Waals surface area (Å²) in [5, 5.41) is 19.2. The fraction of sp³-hybridized carbons (Fsp3) is 0.214. The molecule has 1 aromatic heterocycles. The number of carbonyl (C=O) groups is 1. The number of aromatic carboxylic acids is 1. The first kappa shape index (κ1) is 14.0. The van der Waals surface area contributed by atoms with Gasteiger partial charge in [0, 0.05) is 0 Å². The zero-order valence-corrected chi connectivity index (χ0v) is 11.0. The van der Waals surface area contributed by atoms with E-state index in [9.17, 15) is 9.90 Å². The normalized spacial score (nSPS) is 11.9. The van der Waals surface area contributed by atoms with Crippen molar-refractivity contribution < 1.29 is 28.9 Å². The van der Waals surface area contributed by atoms with Crippen molar-refractivity contribution in [3.05, 3.63) is 47.4 Å². The number of carboxylic acids is 1. The molecule has 1 atom stereocenters. The molecule has 1 heterocycles. The fourth-order valence-corrected chi connectivity index (χ4v) is 1.91. The fourth-order valence-electron chi connectivity index (χ4n) is 1.91. The molecule has 1 aromatic carbocycles. The molecule has 0 bridgehead atoms. The summed E-state index contributed by atoms with van der Waals surface area (Å²) in [7, 11) is 2.94. The van der Waals surface area contributed by atoms with E-state index >= 15 is 0 Å². The number of hydrogen-bond donors (Lipinski definition) is 2. The van der Waals surface area contributed by atoms with Crippen LogP contribution in [0.4, 0.5) is 0 Å². The zero-order chi connectivity index (χ0) is 14.7. The molecule has 0 saturated heterocycles. The molecule has 0 radical (unpaired) electrons. The van der Waals surface area contributed by atoms with Gasteiger partial charge in [-0.25, -0.2) is 4.79 Å². The molecule has 1 unspecified atom stereocenters. The van der Waals surface area contributed by atoms with Crippen LogP contribution in [0.3, 0.4) is 0 Å². The van der Waals surface area contributed by atoms with Crippen molar-refractivity contribution in [2.75, 3.05) is 14.2 Å². The third-order valence-electron chi connectivity index (χ3n) is 2.85. The van der Waals surface area contributed by atoms with E-state index in [1.807, 2.05) is 0 Å². The van der Waals surface area contributed by atoms with Crippen LogP contribution in [0, 0.1) is 0 Å². The minimum atomic E-state index is -1.20. The minimum Gasteiger partial charge on any atom is -0.496 e. The van der Waals surface area contributed by atoms with Gasteiger partial charge in [0.05, 0.1) is 19.8 Å². The van der Waals surface area contributed by atoms with Gasteiger partial charge < -0.3 is 24.1 Å². The molecule has 0 amide bonds. The monoisotopic (exact) mass is 278 g/mol. The van der Waals surface area contributed by atoms with E-state index in [1.54, 1.807) is 18.2 Å². The summed E-state index contributed by atoms with van der Waals surface area (Å²) in [5.74, 6) is -0.496. The Morgan fingerprint density at radius 3 is 2.20 bits per heavy atom. The largest absolute Gasteiger partial charge is 0.496 e. The van der Waals surface area contributed by atoms with Crippen LogP contribution in [0.25, 0.3) is 0 Å². The molecule has 0 aliphatic rings. The van der Waals surface area contributed by atoms with Crippen LogP contribution in [0.1, 0.15) is 28.0 Å². The van der Waals surface area contributed by atoms with Crippen molar-refractivity contribution in [2.24, 2.45) is 0 Å². The average Bonchev–Trinajstić information content (AvgIpc) is 2.95. The third-order valence-corrected chi connectivity index (χ3v) is 2.85. The highest BCUT2D eigenvalue weighted by Gasteiger charge is 2.24. The molecule has 20 heavy (non-hydrogen) atoms. The highest BCUT2D eigenvalue weighted by molar-refractivity contribution is 5.84. The van der Waals surface area contributed by atoms with Crippen molar-refractivity contribution in [2.45, 2.75) is 6.10 Å². The molecule has 2 aromatic rings. The van der Waals surface area contributed by atoms with Gasteiger partial charge >= 0.3 is 5.97 Å². The first-order valence-corrected chi connectivity index (χ1v) is 5.80. The van der Waals surface area contributed by atoms with Crippen LogP contribution in [0.5, 0.6) is 11.5 Å². The maximum atomic E-state index is 10.8. The lowest BCUT2D eigenvalue weighted by atomic mass is 10.0. The Kier molecular flexibility index (Phi) is 3.95. The average molecular weight is 278 g/mol. The summed E-state index contributed by atoms with van der Waals surface area (Å²) < 4.78 is 15.5. The SMILES string of the molecule is COc1cccc(OC)c1C(O)c1ccc(C(=O)O)o1. The van der Waals surface area contributed by atoms with Crippen LogP contribution >= 0.6 is 0 Å². The molecule has 2 rings (SSSR count). The van der Waals surface area contributed by atoms with E-state index in [4.69, 9.17) is 19.0 Å². The standard InChI is InChI=1S/C14H14O6/c1-18-8-4-3-5-9(19-2)12(8)13(15)10-6-7-11(20-10)14(16)17/h3-7,13,15H,1-2H3,(H,16,17). The van der Waals surface area contributed by atoms with E-state index in [1.165, 1.54) is 26.4 Å². The number of benzene rings is 1. The van der Waals surface area contributed by atoms with E-state index in [2.05, 4.69) is 0 Å². The van der Waals surface area contributed by atoms with Crippen LogP contribution in [-0.2, 0) is 0 Å². The summed E-state index contributed by atoms with van der Waals surface area (Å²) in [4.78, 5) is 10.8. The second-order valence-electron chi connectivity index (χ2n) is 3.99. The van der Waals surface area contributed by atoms with Crippen LogP contribution in [0.15, 0.2) is 34.7 Å². The maximum absolute atomic E-state index is 10.8. The van der Waals surface area contributed by atoms with E-state index in [0.29, 0.717) is 17.1 Å². The highest BCUT2D eigenvalue weighted by Crippen LogP contribution is 2.37.